The van der Waals surface area contributed by atoms with Crippen LogP contribution in [-0.2, 0) is 0 Å². The maximum atomic E-state index is 14.3. The average Bonchev–Trinajstić information content (AvgIpc) is 2.98. The van der Waals surface area contributed by atoms with Crippen LogP contribution in [0.15, 0.2) is 36.7 Å². The Balaban J connectivity index is 1.94. The van der Waals surface area contributed by atoms with Crippen molar-refractivity contribution < 1.29 is 9.18 Å². The van der Waals surface area contributed by atoms with Gasteiger partial charge in [-0.2, -0.15) is 0 Å². The predicted octanol–water partition coefficient (Wildman–Crippen LogP) is 3.21. The van der Waals surface area contributed by atoms with Gasteiger partial charge in [0.15, 0.2) is 5.82 Å². The number of nitrogens with zero attached hydrogens (tertiary/aromatic N) is 4. The molecule has 134 valence electrons. The fourth-order valence-electron chi connectivity index (χ4n) is 2.73. The molecular formula is C18H19FN6O. The van der Waals surface area contributed by atoms with E-state index < -0.39 is 11.7 Å². The number of benzene rings is 1. The lowest BCUT2D eigenvalue weighted by atomic mass is 10.2. The zero-order chi connectivity index (χ0) is 18.8. The molecular weight excluding hydrogens is 335 g/mol. The van der Waals surface area contributed by atoms with E-state index in [-0.39, 0.29) is 17.7 Å². The van der Waals surface area contributed by atoms with Crippen LogP contribution in [0.5, 0.6) is 0 Å². The summed E-state index contributed by atoms with van der Waals surface area (Å²) in [6.07, 6.45) is 2.72. The second kappa shape index (κ2) is 6.91. The van der Waals surface area contributed by atoms with Crippen molar-refractivity contribution in [2.24, 2.45) is 5.73 Å². The minimum atomic E-state index is -0.526. The van der Waals surface area contributed by atoms with Crippen molar-refractivity contribution in [2.45, 2.75) is 26.8 Å². The lowest BCUT2D eigenvalue weighted by molar-refractivity contribution is 0.100. The number of hydrogen-bond donors (Lipinski definition) is 2. The van der Waals surface area contributed by atoms with Crippen LogP contribution >= 0.6 is 0 Å². The molecule has 0 saturated heterocycles. The molecule has 0 spiro atoms. The number of amides is 1. The summed E-state index contributed by atoms with van der Waals surface area (Å²) in [6, 6.07) is 6.64. The van der Waals surface area contributed by atoms with Gasteiger partial charge in [0, 0.05) is 17.3 Å². The summed E-state index contributed by atoms with van der Waals surface area (Å²) in [5, 5.41) is 2.99. The number of halogens is 1. The highest BCUT2D eigenvalue weighted by atomic mass is 19.1. The van der Waals surface area contributed by atoms with Crippen molar-refractivity contribution in [1.29, 1.82) is 0 Å². The molecule has 8 heteroatoms. The first-order valence-corrected chi connectivity index (χ1v) is 8.10. The number of carbonyl (C=O) groups is 1. The number of nitrogens with two attached hydrogens (primary N) is 1. The van der Waals surface area contributed by atoms with Gasteiger partial charge in [-0.15, -0.1) is 0 Å². The molecule has 3 aromatic rings. The maximum absolute atomic E-state index is 14.3. The third-order valence-electron chi connectivity index (χ3n) is 3.91. The largest absolute Gasteiger partial charge is 0.366 e. The third-order valence-corrected chi connectivity index (χ3v) is 3.91. The van der Waals surface area contributed by atoms with Crippen molar-refractivity contribution in [2.75, 3.05) is 5.32 Å². The highest BCUT2D eigenvalue weighted by Crippen LogP contribution is 2.26. The molecule has 0 bridgehead atoms. The lowest BCUT2D eigenvalue weighted by Gasteiger charge is -2.14. The SMILES string of the molecule is Cc1ncc(-c2nc(Nc3ccc(C(N)=O)cc3)ncc2F)n1C(C)C. The summed E-state index contributed by atoms with van der Waals surface area (Å²) in [6.45, 7) is 5.86. The molecule has 0 fully saturated rings. The molecule has 0 aliphatic rings. The molecule has 1 amide bonds. The highest BCUT2D eigenvalue weighted by molar-refractivity contribution is 5.93. The van der Waals surface area contributed by atoms with E-state index in [1.807, 2.05) is 25.3 Å². The van der Waals surface area contributed by atoms with E-state index in [1.165, 1.54) is 0 Å². The van der Waals surface area contributed by atoms with Crippen molar-refractivity contribution in [3.8, 4) is 11.4 Å². The second-order valence-corrected chi connectivity index (χ2v) is 6.11. The standard InChI is InChI=1S/C18H19FN6O/c1-10(2)25-11(3)21-9-15(25)16-14(19)8-22-18(24-16)23-13-6-4-12(5-7-13)17(20)26/h4-10H,1-3H3,(H2,20,26)(H,22,23,24). The smallest absolute Gasteiger partial charge is 0.248 e. The van der Waals surface area contributed by atoms with Crippen LogP contribution in [0, 0.1) is 12.7 Å². The van der Waals surface area contributed by atoms with Crippen LogP contribution < -0.4 is 11.1 Å². The van der Waals surface area contributed by atoms with Crippen LogP contribution in [0.4, 0.5) is 16.0 Å². The van der Waals surface area contributed by atoms with E-state index in [9.17, 15) is 9.18 Å². The Labute approximate surface area is 150 Å². The molecule has 0 unspecified atom stereocenters. The molecule has 3 rings (SSSR count). The van der Waals surface area contributed by atoms with Crippen LogP contribution in [0.2, 0.25) is 0 Å². The number of anilines is 2. The van der Waals surface area contributed by atoms with E-state index >= 15 is 0 Å². The first-order valence-electron chi connectivity index (χ1n) is 8.10. The molecule has 0 aliphatic carbocycles. The van der Waals surface area contributed by atoms with Gasteiger partial charge < -0.3 is 15.6 Å². The van der Waals surface area contributed by atoms with Crippen molar-refractivity contribution in [3.63, 3.8) is 0 Å². The Morgan fingerprint density at radius 3 is 2.50 bits per heavy atom. The summed E-state index contributed by atoms with van der Waals surface area (Å²) < 4.78 is 16.3. The van der Waals surface area contributed by atoms with Crippen LogP contribution in [-0.4, -0.2) is 25.4 Å². The molecule has 7 nitrogen and oxygen atoms in total. The Kier molecular flexibility index (Phi) is 4.66. The summed E-state index contributed by atoms with van der Waals surface area (Å²) >= 11 is 0. The van der Waals surface area contributed by atoms with Gasteiger partial charge in [-0.25, -0.2) is 19.3 Å². The van der Waals surface area contributed by atoms with Crippen LogP contribution in [0.25, 0.3) is 11.4 Å². The number of primary amides is 1. The molecule has 0 aliphatic heterocycles. The van der Waals surface area contributed by atoms with Gasteiger partial charge >= 0.3 is 0 Å². The zero-order valence-electron chi connectivity index (χ0n) is 14.7. The van der Waals surface area contributed by atoms with E-state index in [0.29, 0.717) is 16.9 Å². The third kappa shape index (κ3) is 3.39. The van der Waals surface area contributed by atoms with E-state index in [4.69, 9.17) is 5.73 Å². The van der Waals surface area contributed by atoms with Gasteiger partial charge in [0.1, 0.15) is 11.5 Å². The molecule has 3 N–H and O–H groups in total. The van der Waals surface area contributed by atoms with Gasteiger partial charge in [-0.1, -0.05) is 0 Å². The second-order valence-electron chi connectivity index (χ2n) is 6.11. The molecule has 26 heavy (non-hydrogen) atoms. The van der Waals surface area contributed by atoms with E-state index in [2.05, 4.69) is 20.3 Å². The van der Waals surface area contributed by atoms with Crippen LogP contribution in [0.3, 0.4) is 0 Å². The Bertz CT molecular complexity index is 949. The summed E-state index contributed by atoms with van der Waals surface area (Å²) in [5.41, 5.74) is 7.03. The van der Waals surface area contributed by atoms with E-state index in [1.54, 1.807) is 30.5 Å². The van der Waals surface area contributed by atoms with Crippen LogP contribution in [0.1, 0.15) is 36.1 Å². The maximum Gasteiger partial charge on any atom is 0.248 e. The molecule has 2 heterocycles. The number of aromatic nitrogens is 4. The fraction of sp³-hybridized carbons (Fsp3) is 0.222. The van der Waals surface area contributed by atoms with Crippen molar-refractivity contribution >= 4 is 17.5 Å². The van der Waals surface area contributed by atoms with Crippen molar-refractivity contribution in [1.82, 2.24) is 19.5 Å². The predicted molar refractivity (Wildman–Crippen MR) is 96.6 cm³/mol. The molecule has 0 saturated carbocycles. The first kappa shape index (κ1) is 17.5. The number of hydrogen-bond acceptors (Lipinski definition) is 5. The number of carbonyl (C=O) groups excluding carboxylic acids is 1. The molecule has 2 aromatic heterocycles. The lowest BCUT2D eigenvalue weighted by Crippen LogP contribution is -2.10. The number of nitrogens with one attached hydrogen (secondary N) is 1. The Hall–Kier alpha value is -3.29. The minimum absolute atomic E-state index is 0.111. The normalized spacial score (nSPS) is 11.0. The van der Waals surface area contributed by atoms with Gasteiger partial charge in [0.2, 0.25) is 11.9 Å². The highest BCUT2D eigenvalue weighted by Gasteiger charge is 2.17. The van der Waals surface area contributed by atoms with Crippen molar-refractivity contribution in [3.05, 3.63) is 53.9 Å². The van der Waals surface area contributed by atoms with Gasteiger partial charge in [-0.05, 0) is 45.0 Å². The Morgan fingerprint density at radius 2 is 1.88 bits per heavy atom. The summed E-state index contributed by atoms with van der Waals surface area (Å²) in [5.74, 6) is -0.0115. The zero-order valence-corrected chi connectivity index (χ0v) is 14.7. The quantitative estimate of drug-likeness (QED) is 0.733. The summed E-state index contributed by atoms with van der Waals surface area (Å²) in [4.78, 5) is 23.7. The summed E-state index contributed by atoms with van der Waals surface area (Å²) in [7, 11) is 0. The van der Waals surface area contributed by atoms with Gasteiger partial charge in [-0.3, -0.25) is 4.79 Å². The van der Waals surface area contributed by atoms with Gasteiger partial charge in [0.05, 0.1) is 18.1 Å². The number of aryl methyl sites for hydroxylation is 1. The molecule has 0 radical (unpaired) electrons. The fourth-order valence-corrected chi connectivity index (χ4v) is 2.73. The molecule has 0 atom stereocenters. The first-order chi connectivity index (χ1) is 12.4. The average molecular weight is 354 g/mol. The topological polar surface area (TPSA) is 98.7 Å². The number of imidazole rings is 1. The monoisotopic (exact) mass is 354 g/mol. The van der Waals surface area contributed by atoms with Gasteiger partial charge in [0.25, 0.3) is 0 Å². The minimum Gasteiger partial charge on any atom is -0.366 e. The number of rotatable bonds is 5. The van der Waals surface area contributed by atoms with E-state index in [0.717, 1.165) is 12.0 Å². The molecule has 1 aromatic carbocycles. The Morgan fingerprint density at radius 1 is 1.19 bits per heavy atom.